The zero-order valence-electron chi connectivity index (χ0n) is 9.81. The maximum Gasteiger partial charge on any atom is 0.240 e. The van der Waals surface area contributed by atoms with Gasteiger partial charge in [0.25, 0.3) is 0 Å². The van der Waals surface area contributed by atoms with E-state index < -0.39 is 10.0 Å². The Morgan fingerprint density at radius 2 is 1.79 bits per heavy atom. The van der Waals surface area contributed by atoms with Crippen molar-refractivity contribution in [3.63, 3.8) is 0 Å². The van der Waals surface area contributed by atoms with E-state index in [9.17, 15) is 8.42 Å². The van der Waals surface area contributed by atoms with E-state index >= 15 is 0 Å². The fourth-order valence-corrected chi connectivity index (χ4v) is 3.18. The van der Waals surface area contributed by atoms with Gasteiger partial charge in [0.2, 0.25) is 10.0 Å². The smallest absolute Gasteiger partial charge is 0.207 e. The second kappa shape index (κ2) is 6.21. The van der Waals surface area contributed by atoms with Crippen molar-refractivity contribution in [2.75, 3.05) is 0 Å². The van der Waals surface area contributed by atoms with Gasteiger partial charge in [0.1, 0.15) is 0 Å². The maximum atomic E-state index is 12.1. The highest BCUT2D eigenvalue weighted by Crippen LogP contribution is 2.15. The van der Waals surface area contributed by atoms with Crippen LogP contribution < -0.4 is 4.72 Å². The third-order valence-electron chi connectivity index (χ3n) is 2.49. The number of hydrogen-bond acceptors (Lipinski definition) is 2. The second-order valence-electron chi connectivity index (χ2n) is 3.91. The lowest BCUT2D eigenvalue weighted by atomic mass is 10.2. The summed E-state index contributed by atoms with van der Waals surface area (Å²) in [7, 11) is -3.53. The third-order valence-corrected chi connectivity index (χ3v) is 4.84. The molecule has 0 heterocycles. The van der Waals surface area contributed by atoms with Crippen LogP contribution in [-0.2, 0) is 16.6 Å². The van der Waals surface area contributed by atoms with Crippen LogP contribution in [0.1, 0.15) is 5.56 Å². The molecule has 6 heteroatoms. The quantitative estimate of drug-likeness (QED) is 0.790. The molecule has 100 valence electrons. The normalized spacial score (nSPS) is 11.5. The molecule has 0 saturated heterocycles. The molecule has 0 aliphatic rings. The molecule has 2 rings (SSSR count). The van der Waals surface area contributed by atoms with Crippen LogP contribution in [0.25, 0.3) is 0 Å². The number of halogens is 2. The Kier molecular flexibility index (Phi) is 4.83. The summed E-state index contributed by atoms with van der Waals surface area (Å²) < 4.78 is 27.8. The molecule has 0 fully saturated rings. The first-order valence-electron chi connectivity index (χ1n) is 5.47. The molecule has 0 radical (unpaired) electrons. The summed E-state index contributed by atoms with van der Waals surface area (Å²) in [5.41, 5.74) is 0.908. The SMILES string of the molecule is O=S(=O)(NCc1ccc(I)cc1)c1cccc(Cl)c1. The van der Waals surface area contributed by atoms with Gasteiger partial charge in [-0.1, -0.05) is 29.8 Å². The Morgan fingerprint density at radius 1 is 1.11 bits per heavy atom. The summed E-state index contributed by atoms with van der Waals surface area (Å²) in [6.07, 6.45) is 0. The van der Waals surface area contributed by atoms with Crippen LogP contribution in [0.4, 0.5) is 0 Å². The van der Waals surface area contributed by atoms with Crippen LogP contribution in [-0.4, -0.2) is 8.42 Å². The van der Waals surface area contributed by atoms with Crippen molar-refractivity contribution in [1.29, 1.82) is 0 Å². The molecule has 19 heavy (non-hydrogen) atoms. The Hall–Kier alpha value is -0.630. The van der Waals surface area contributed by atoms with Crippen LogP contribution in [0.3, 0.4) is 0 Å². The number of sulfonamides is 1. The highest BCUT2D eigenvalue weighted by Gasteiger charge is 2.13. The van der Waals surface area contributed by atoms with E-state index in [-0.39, 0.29) is 11.4 Å². The summed E-state index contributed by atoms with van der Waals surface area (Å²) in [6.45, 7) is 0.256. The van der Waals surface area contributed by atoms with Gasteiger partial charge in [-0.2, -0.15) is 0 Å². The maximum absolute atomic E-state index is 12.1. The Balaban J connectivity index is 2.12. The lowest BCUT2D eigenvalue weighted by Gasteiger charge is -2.07. The van der Waals surface area contributed by atoms with Gasteiger partial charge in [-0.05, 0) is 58.5 Å². The van der Waals surface area contributed by atoms with E-state index in [2.05, 4.69) is 27.3 Å². The van der Waals surface area contributed by atoms with Gasteiger partial charge in [0, 0.05) is 15.1 Å². The molecule has 0 atom stereocenters. The molecule has 0 amide bonds. The fraction of sp³-hybridized carbons (Fsp3) is 0.0769. The lowest BCUT2D eigenvalue weighted by Crippen LogP contribution is -2.23. The first kappa shape index (κ1) is 14.8. The van der Waals surface area contributed by atoms with Crippen molar-refractivity contribution in [3.8, 4) is 0 Å². The van der Waals surface area contributed by atoms with E-state index in [4.69, 9.17) is 11.6 Å². The highest BCUT2D eigenvalue weighted by atomic mass is 127. The lowest BCUT2D eigenvalue weighted by molar-refractivity contribution is 0.581. The molecule has 0 aliphatic carbocycles. The molecular weight excluding hydrogens is 397 g/mol. The van der Waals surface area contributed by atoms with Crippen molar-refractivity contribution in [3.05, 3.63) is 62.7 Å². The number of nitrogens with one attached hydrogen (secondary N) is 1. The molecular formula is C13H11ClINO2S. The first-order chi connectivity index (χ1) is 8.97. The van der Waals surface area contributed by atoms with E-state index in [0.717, 1.165) is 9.13 Å². The van der Waals surface area contributed by atoms with Crippen molar-refractivity contribution in [1.82, 2.24) is 4.72 Å². The summed E-state index contributed by atoms with van der Waals surface area (Å²) in [5, 5.41) is 0.400. The van der Waals surface area contributed by atoms with E-state index in [1.807, 2.05) is 24.3 Å². The van der Waals surface area contributed by atoms with Crippen LogP contribution in [0.15, 0.2) is 53.4 Å². The molecule has 0 aliphatic heterocycles. The monoisotopic (exact) mass is 407 g/mol. The van der Waals surface area contributed by atoms with Crippen LogP contribution in [0.5, 0.6) is 0 Å². The Bertz CT molecular complexity index is 671. The number of hydrogen-bond donors (Lipinski definition) is 1. The Morgan fingerprint density at radius 3 is 2.42 bits per heavy atom. The molecule has 2 aromatic rings. The number of benzene rings is 2. The zero-order valence-corrected chi connectivity index (χ0v) is 13.5. The van der Waals surface area contributed by atoms with Gasteiger partial charge in [0.15, 0.2) is 0 Å². The molecule has 2 aromatic carbocycles. The minimum atomic E-state index is -3.53. The summed E-state index contributed by atoms with van der Waals surface area (Å²) in [6, 6.07) is 13.8. The van der Waals surface area contributed by atoms with Crippen molar-refractivity contribution < 1.29 is 8.42 Å². The van der Waals surface area contributed by atoms with Gasteiger partial charge in [-0.15, -0.1) is 0 Å². The molecule has 0 aromatic heterocycles. The fourth-order valence-electron chi connectivity index (χ4n) is 1.50. The third kappa shape index (κ3) is 4.17. The summed E-state index contributed by atoms with van der Waals surface area (Å²) in [4.78, 5) is 0.172. The predicted octanol–water partition coefficient (Wildman–Crippen LogP) is 3.42. The standard InChI is InChI=1S/C13H11ClINO2S/c14-11-2-1-3-13(8-11)19(17,18)16-9-10-4-6-12(15)7-5-10/h1-8,16H,9H2. The average Bonchev–Trinajstić information content (AvgIpc) is 2.38. The first-order valence-corrected chi connectivity index (χ1v) is 8.41. The zero-order chi connectivity index (χ0) is 13.9. The van der Waals surface area contributed by atoms with Crippen molar-refractivity contribution in [2.24, 2.45) is 0 Å². The average molecular weight is 408 g/mol. The summed E-state index contributed by atoms with van der Waals surface area (Å²) >= 11 is 7.99. The van der Waals surface area contributed by atoms with Crippen molar-refractivity contribution >= 4 is 44.2 Å². The Labute approximate surface area is 131 Å². The molecule has 0 saturated carbocycles. The molecule has 0 bridgehead atoms. The molecule has 0 unspecified atom stereocenters. The molecule has 0 spiro atoms. The molecule has 1 N–H and O–H groups in total. The van der Waals surface area contributed by atoms with Gasteiger partial charge in [0.05, 0.1) is 4.90 Å². The van der Waals surface area contributed by atoms with Crippen LogP contribution >= 0.6 is 34.2 Å². The highest BCUT2D eigenvalue weighted by molar-refractivity contribution is 14.1. The second-order valence-corrected chi connectivity index (χ2v) is 7.36. The number of rotatable bonds is 4. The van der Waals surface area contributed by atoms with E-state index in [0.29, 0.717) is 5.02 Å². The van der Waals surface area contributed by atoms with E-state index in [1.54, 1.807) is 12.1 Å². The van der Waals surface area contributed by atoms with Crippen LogP contribution in [0, 0.1) is 3.57 Å². The van der Waals surface area contributed by atoms with Crippen LogP contribution in [0.2, 0.25) is 5.02 Å². The van der Waals surface area contributed by atoms with Gasteiger partial charge in [-0.3, -0.25) is 0 Å². The van der Waals surface area contributed by atoms with E-state index in [1.165, 1.54) is 12.1 Å². The minimum absolute atomic E-state index is 0.172. The largest absolute Gasteiger partial charge is 0.240 e. The minimum Gasteiger partial charge on any atom is -0.207 e. The van der Waals surface area contributed by atoms with Gasteiger partial charge >= 0.3 is 0 Å². The van der Waals surface area contributed by atoms with Gasteiger partial charge < -0.3 is 0 Å². The summed E-state index contributed by atoms with van der Waals surface area (Å²) in [5.74, 6) is 0. The van der Waals surface area contributed by atoms with Gasteiger partial charge in [-0.25, -0.2) is 13.1 Å². The predicted molar refractivity (Wildman–Crippen MR) is 84.6 cm³/mol. The molecule has 3 nitrogen and oxygen atoms in total. The topological polar surface area (TPSA) is 46.2 Å². The van der Waals surface area contributed by atoms with Crippen molar-refractivity contribution in [2.45, 2.75) is 11.4 Å².